The average molecular weight is 690 g/mol. The Morgan fingerprint density at radius 1 is 0.396 bits per heavy atom. The molecule has 0 spiro atoms. The van der Waals surface area contributed by atoms with Gasteiger partial charge in [-0.1, -0.05) is 115 Å². The second-order valence-electron chi connectivity index (χ2n) is 14.4. The van der Waals surface area contributed by atoms with Crippen molar-refractivity contribution in [3.05, 3.63) is 170 Å². The van der Waals surface area contributed by atoms with Crippen LogP contribution in [0.15, 0.2) is 170 Å². The highest BCUT2D eigenvalue weighted by atomic mass is 32.1. The van der Waals surface area contributed by atoms with Gasteiger partial charge in [0.15, 0.2) is 0 Å². The summed E-state index contributed by atoms with van der Waals surface area (Å²) in [7, 11) is 0. The van der Waals surface area contributed by atoms with Gasteiger partial charge in [0.05, 0.1) is 21.4 Å². The third kappa shape index (κ3) is 3.50. The van der Waals surface area contributed by atoms with Gasteiger partial charge in [-0.25, -0.2) is 0 Å². The molecule has 53 heavy (non-hydrogen) atoms. The molecule has 244 valence electrons. The van der Waals surface area contributed by atoms with Crippen LogP contribution in [0.3, 0.4) is 0 Å². The van der Waals surface area contributed by atoms with E-state index >= 15 is 0 Å². The minimum Gasteiger partial charge on any atom is -0.376 e. The molecule has 0 radical (unpaired) electrons. The molecule has 0 amide bonds. The first-order valence-electron chi connectivity index (χ1n) is 18.3. The van der Waals surface area contributed by atoms with Crippen LogP contribution in [0, 0.1) is 0 Å². The van der Waals surface area contributed by atoms with Crippen LogP contribution in [0.4, 0.5) is 28.4 Å². The molecule has 0 N–H and O–H groups in total. The van der Waals surface area contributed by atoms with Crippen molar-refractivity contribution < 1.29 is 0 Å². The second kappa shape index (κ2) is 10.1. The van der Waals surface area contributed by atoms with Crippen molar-refractivity contribution in [2.24, 2.45) is 0 Å². The summed E-state index contributed by atoms with van der Waals surface area (Å²) >= 11 is 1.90. The quantitative estimate of drug-likeness (QED) is 0.167. The van der Waals surface area contributed by atoms with Crippen molar-refractivity contribution in [3.63, 3.8) is 0 Å². The molecule has 5 heteroatoms. The zero-order valence-electron chi connectivity index (χ0n) is 28.5. The van der Waals surface area contributed by atoms with Gasteiger partial charge in [-0.3, -0.25) is 0 Å². The SMILES string of the molecule is c1ccc2c(c1)-c1cccc3c1B1c4c(cc(-n5c6ccccc6c6ccccc65)cc4N3c3cccc4c3sc3ccccc34)-c3ccccc3N12. The third-order valence-corrected chi connectivity index (χ3v) is 13.1. The zero-order valence-corrected chi connectivity index (χ0v) is 29.3. The fourth-order valence-electron chi connectivity index (χ4n) is 9.85. The predicted octanol–water partition coefficient (Wildman–Crippen LogP) is 11.8. The fourth-order valence-corrected chi connectivity index (χ4v) is 11.1. The van der Waals surface area contributed by atoms with Gasteiger partial charge in [-0.05, 0) is 76.6 Å². The van der Waals surface area contributed by atoms with E-state index < -0.39 is 0 Å². The smallest absolute Gasteiger partial charge is 0.333 e. The Bertz CT molecular complexity index is 3170. The highest BCUT2D eigenvalue weighted by molar-refractivity contribution is 7.26. The molecule has 0 saturated heterocycles. The van der Waals surface area contributed by atoms with Gasteiger partial charge in [-0.2, -0.15) is 0 Å². The number of benzene rings is 8. The summed E-state index contributed by atoms with van der Waals surface area (Å²) in [5, 5.41) is 5.16. The number of thiophene rings is 1. The van der Waals surface area contributed by atoms with Crippen LogP contribution in [-0.2, 0) is 0 Å². The van der Waals surface area contributed by atoms with Gasteiger partial charge in [0.25, 0.3) is 0 Å². The molecular weight excluding hydrogens is 661 g/mol. The van der Waals surface area contributed by atoms with Crippen molar-refractivity contribution in [1.29, 1.82) is 0 Å². The Labute approximate surface area is 310 Å². The van der Waals surface area contributed by atoms with E-state index in [1.54, 1.807) is 0 Å². The number of aromatic nitrogens is 1. The number of anilines is 5. The summed E-state index contributed by atoms with van der Waals surface area (Å²) in [6, 6.07) is 63.4. The summed E-state index contributed by atoms with van der Waals surface area (Å²) in [5.41, 5.74) is 17.7. The van der Waals surface area contributed by atoms with E-state index in [0.29, 0.717) is 0 Å². The summed E-state index contributed by atoms with van der Waals surface area (Å²) in [4.78, 5) is 5.23. The lowest BCUT2D eigenvalue weighted by Crippen LogP contribution is -2.63. The minimum atomic E-state index is 0.0288. The first kappa shape index (κ1) is 28.1. The summed E-state index contributed by atoms with van der Waals surface area (Å²) in [6.45, 7) is 0.0288. The van der Waals surface area contributed by atoms with Crippen LogP contribution in [0.2, 0.25) is 0 Å². The van der Waals surface area contributed by atoms with E-state index in [1.807, 2.05) is 11.3 Å². The van der Waals surface area contributed by atoms with Crippen LogP contribution in [0.1, 0.15) is 0 Å². The number of rotatable bonds is 2. The topological polar surface area (TPSA) is 11.4 Å². The van der Waals surface area contributed by atoms with E-state index in [9.17, 15) is 0 Å². The average Bonchev–Trinajstić information content (AvgIpc) is 3.77. The van der Waals surface area contributed by atoms with E-state index in [1.165, 1.54) is 109 Å². The minimum absolute atomic E-state index is 0.0288. The highest BCUT2D eigenvalue weighted by Crippen LogP contribution is 2.53. The maximum absolute atomic E-state index is 2.62. The Balaban J connectivity index is 1.22. The van der Waals surface area contributed by atoms with Crippen LogP contribution < -0.4 is 20.6 Å². The number of para-hydroxylation sites is 4. The molecule has 0 saturated carbocycles. The molecule has 0 aliphatic carbocycles. The monoisotopic (exact) mass is 689 g/mol. The molecule has 10 aromatic rings. The second-order valence-corrected chi connectivity index (χ2v) is 15.5. The molecular formula is C48H28BN3S. The number of hydrogen-bond donors (Lipinski definition) is 0. The first-order chi connectivity index (χ1) is 26.3. The highest BCUT2D eigenvalue weighted by Gasteiger charge is 2.49. The molecule has 5 heterocycles. The maximum Gasteiger partial charge on any atom is 0.333 e. The van der Waals surface area contributed by atoms with Crippen molar-refractivity contribution in [2.45, 2.75) is 0 Å². The summed E-state index contributed by atoms with van der Waals surface area (Å²) in [6.07, 6.45) is 0. The molecule has 3 nitrogen and oxygen atoms in total. The van der Waals surface area contributed by atoms with Gasteiger partial charge in [-0.15, -0.1) is 11.3 Å². The third-order valence-electron chi connectivity index (χ3n) is 11.9. The van der Waals surface area contributed by atoms with E-state index in [0.717, 1.165) is 0 Å². The Morgan fingerprint density at radius 2 is 0.943 bits per heavy atom. The van der Waals surface area contributed by atoms with Crippen LogP contribution in [0.25, 0.3) is 69.9 Å². The standard InChI is InChI=1S/C48H28BN3S/c1-6-20-38-30(13-1)31-14-2-7-21-39(31)50(38)29-27-37-33-16-4-9-23-41(33)52-40-22-8-3-15-32(40)35-18-11-24-42-46(35)49(52)47(37)44(28-29)51(42)43-25-12-19-36-34-17-5-10-26-45(34)53-48(36)43/h1-28H. The van der Waals surface area contributed by atoms with Gasteiger partial charge in [0, 0.05) is 65.8 Å². The van der Waals surface area contributed by atoms with Crippen molar-refractivity contribution in [2.75, 3.05) is 9.71 Å². The van der Waals surface area contributed by atoms with Crippen molar-refractivity contribution in [3.8, 4) is 27.9 Å². The van der Waals surface area contributed by atoms with Crippen molar-refractivity contribution >= 4 is 99.5 Å². The Hall–Kier alpha value is -6.56. The number of nitrogens with zero attached hydrogens (tertiary/aromatic N) is 3. The van der Waals surface area contributed by atoms with Crippen molar-refractivity contribution in [1.82, 2.24) is 4.57 Å². The number of hydrogen-bond acceptors (Lipinski definition) is 3. The molecule has 8 aromatic carbocycles. The number of fused-ring (bicyclic) bond motifs is 12. The Kier molecular flexibility index (Phi) is 5.33. The van der Waals surface area contributed by atoms with Crippen LogP contribution in [-0.4, -0.2) is 11.4 Å². The van der Waals surface area contributed by atoms with E-state index in [-0.39, 0.29) is 6.85 Å². The molecule has 0 atom stereocenters. The lowest BCUT2D eigenvalue weighted by atomic mass is 9.41. The molecule has 0 fully saturated rings. The predicted molar refractivity (Wildman–Crippen MR) is 226 cm³/mol. The van der Waals surface area contributed by atoms with Crippen LogP contribution >= 0.6 is 11.3 Å². The zero-order chi connectivity index (χ0) is 34.4. The van der Waals surface area contributed by atoms with Gasteiger partial charge < -0.3 is 14.3 Å². The lowest BCUT2D eigenvalue weighted by molar-refractivity contribution is 1.17. The summed E-state index contributed by atoms with van der Waals surface area (Å²) < 4.78 is 5.11. The molecule has 3 aliphatic rings. The summed E-state index contributed by atoms with van der Waals surface area (Å²) in [5.74, 6) is 0. The molecule has 13 rings (SSSR count). The molecule has 0 bridgehead atoms. The lowest BCUT2D eigenvalue weighted by Gasteiger charge is -2.49. The molecule has 3 aliphatic heterocycles. The van der Waals surface area contributed by atoms with E-state index in [2.05, 4.69) is 184 Å². The Morgan fingerprint density at radius 3 is 1.72 bits per heavy atom. The normalized spacial score (nSPS) is 13.5. The van der Waals surface area contributed by atoms with Gasteiger partial charge in [0.1, 0.15) is 0 Å². The van der Waals surface area contributed by atoms with Crippen LogP contribution in [0.5, 0.6) is 0 Å². The molecule has 0 unspecified atom stereocenters. The fraction of sp³-hybridized carbons (Fsp3) is 0. The van der Waals surface area contributed by atoms with E-state index in [4.69, 9.17) is 0 Å². The maximum atomic E-state index is 2.62. The van der Waals surface area contributed by atoms with Gasteiger partial charge in [0.2, 0.25) is 0 Å². The van der Waals surface area contributed by atoms with Gasteiger partial charge >= 0.3 is 6.85 Å². The molecule has 2 aromatic heterocycles. The first-order valence-corrected chi connectivity index (χ1v) is 19.1. The largest absolute Gasteiger partial charge is 0.376 e.